The molecule has 0 fully saturated rings. The Morgan fingerprint density at radius 3 is 2.59 bits per heavy atom. The van der Waals surface area contributed by atoms with Crippen LogP contribution in [0.5, 0.6) is 0 Å². The average molecular weight is 301 g/mol. The number of pyridine rings is 1. The van der Waals surface area contributed by atoms with E-state index in [9.17, 15) is 0 Å². The van der Waals surface area contributed by atoms with Gasteiger partial charge < -0.3 is 10.1 Å². The highest BCUT2D eigenvalue weighted by molar-refractivity contribution is 5.76. The molecule has 1 heterocycles. The fourth-order valence-electron chi connectivity index (χ4n) is 1.99. The minimum atomic E-state index is 0.755. The molecule has 0 amide bonds. The number of ether oxygens (including phenoxy) is 1. The second-order valence-corrected chi connectivity index (χ2v) is 5.79. The van der Waals surface area contributed by atoms with Gasteiger partial charge in [-0.15, -0.1) is 0 Å². The maximum absolute atomic E-state index is 7.17. The summed E-state index contributed by atoms with van der Waals surface area (Å²) in [6.45, 7) is 10.0. The van der Waals surface area contributed by atoms with Gasteiger partial charge >= 0.3 is 0 Å². The number of aromatic nitrogens is 1. The Labute approximate surface area is 134 Å². The number of rotatable bonds is 9. The summed E-state index contributed by atoms with van der Waals surface area (Å²) in [5.74, 6) is 0. The van der Waals surface area contributed by atoms with Crippen LogP contribution in [0.25, 0.3) is 0 Å². The molecule has 1 rings (SSSR count). The Morgan fingerprint density at radius 1 is 1.14 bits per heavy atom. The van der Waals surface area contributed by atoms with Crippen molar-refractivity contribution in [3.8, 4) is 0 Å². The molecule has 0 saturated heterocycles. The zero-order valence-electron chi connectivity index (χ0n) is 14.4. The second kappa shape index (κ2) is 9.93. The summed E-state index contributed by atoms with van der Waals surface area (Å²) in [7, 11) is 0. The molecule has 1 aromatic rings. The molecule has 0 aliphatic heterocycles. The minimum Gasteiger partial charge on any atom is -0.501 e. The summed E-state index contributed by atoms with van der Waals surface area (Å²) in [4.78, 5) is 0. The number of hydrogen-bond acceptors (Lipinski definition) is 2. The van der Waals surface area contributed by atoms with E-state index in [1.807, 2.05) is 19.9 Å². The quantitative estimate of drug-likeness (QED) is 0.239. The third-order valence-corrected chi connectivity index (χ3v) is 3.93. The van der Waals surface area contributed by atoms with Crippen molar-refractivity contribution in [1.82, 2.24) is 0 Å². The molecule has 3 nitrogen and oxygen atoms in total. The third kappa shape index (κ3) is 6.70. The third-order valence-electron chi connectivity index (χ3n) is 3.93. The van der Waals surface area contributed by atoms with Crippen molar-refractivity contribution < 1.29 is 9.30 Å². The molecule has 0 aromatic carbocycles. The Hall–Kier alpha value is -1.90. The Balaban J connectivity index is 2.15. The van der Waals surface area contributed by atoms with E-state index < -0.39 is 0 Å². The van der Waals surface area contributed by atoms with Crippen molar-refractivity contribution in [1.29, 1.82) is 5.41 Å². The number of nitrogens with zero attached hydrogens (tertiary/aromatic N) is 1. The minimum absolute atomic E-state index is 0.755. The highest BCUT2D eigenvalue weighted by Crippen LogP contribution is 2.04. The monoisotopic (exact) mass is 301 g/mol. The zero-order chi connectivity index (χ0) is 16.4. The summed E-state index contributed by atoms with van der Waals surface area (Å²) in [6, 6.07) is 2.18. The maximum atomic E-state index is 7.17. The van der Waals surface area contributed by atoms with Gasteiger partial charge in [0, 0.05) is 24.3 Å². The molecule has 1 N–H and O–H groups in total. The van der Waals surface area contributed by atoms with E-state index in [4.69, 9.17) is 10.1 Å². The highest BCUT2D eigenvalue weighted by atomic mass is 16.5. The summed E-state index contributed by atoms with van der Waals surface area (Å²) in [5, 5.41) is 7.17. The number of aryl methyl sites for hydroxylation is 3. The van der Waals surface area contributed by atoms with Crippen molar-refractivity contribution in [2.45, 2.75) is 53.5 Å². The largest absolute Gasteiger partial charge is 0.501 e. The topological polar surface area (TPSA) is 37.0 Å². The smallest absolute Gasteiger partial charge is 0.171 e. The molecule has 1 aromatic heterocycles. The SMILES string of the molecule is C/C(C=N)=C(C)/C=C\OCCCCC[n+]1ccc(C)c(C)c1. The van der Waals surface area contributed by atoms with E-state index in [1.165, 1.54) is 30.2 Å². The molecule has 0 radical (unpaired) electrons. The first kappa shape index (κ1) is 18.1. The number of allylic oxidation sites excluding steroid dienone is 3. The van der Waals surface area contributed by atoms with Crippen LogP contribution in [0.2, 0.25) is 0 Å². The average Bonchev–Trinajstić information content (AvgIpc) is 2.52. The molecule has 0 unspecified atom stereocenters. The predicted octanol–water partition coefficient (Wildman–Crippen LogP) is 4.28. The van der Waals surface area contributed by atoms with Crippen LogP contribution in [-0.2, 0) is 11.3 Å². The standard InChI is InChI=1S/C19H29N2O/c1-16-8-11-21(15-19(16)4)10-6-5-7-12-22-13-9-17(2)18(3)14-20/h8-9,11,13-15,20H,5-7,10,12H2,1-4H3/q+1/b13-9-,18-17-,20-14?. The zero-order valence-corrected chi connectivity index (χ0v) is 14.4. The molecule has 22 heavy (non-hydrogen) atoms. The molecular formula is C19H29N2O+. The summed E-state index contributed by atoms with van der Waals surface area (Å²) in [6.07, 6.45) is 12.8. The van der Waals surface area contributed by atoms with Gasteiger partial charge in [0.2, 0.25) is 0 Å². The van der Waals surface area contributed by atoms with E-state index in [1.54, 1.807) is 6.26 Å². The van der Waals surface area contributed by atoms with Gasteiger partial charge in [-0.05, 0) is 63.3 Å². The lowest BCUT2D eigenvalue weighted by molar-refractivity contribution is -0.697. The normalized spacial score (nSPS) is 12.4. The Kier molecular flexibility index (Phi) is 8.19. The van der Waals surface area contributed by atoms with Gasteiger partial charge in [-0.3, -0.25) is 0 Å². The fraction of sp³-hybridized carbons (Fsp3) is 0.474. The van der Waals surface area contributed by atoms with Crippen LogP contribution in [0, 0.1) is 19.3 Å². The van der Waals surface area contributed by atoms with E-state index in [-0.39, 0.29) is 0 Å². The maximum Gasteiger partial charge on any atom is 0.171 e. The van der Waals surface area contributed by atoms with Crippen LogP contribution in [0.4, 0.5) is 0 Å². The van der Waals surface area contributed by atoms with Crippen LogP contribution in [-0.4, -0.2) is 12.8 Å². The fourth-order valence-corrected chi connectivity index (χ4v) is 1.99. The van der Waals surface area contributed by atoms with Crippen LogP contribution >= 0.6 is 0 Å². The first-order valence-corrected chi connectivity index (χ1v) is 7.97. The molecule has 0 bridgehead atoms. The van der Waals surface area contributed by atoms with Crippen molar-refractivity contribution >= 4 is 6.21 Å². The van der Waals surface area contributed by atoms with Gasteiger partial charge in [-0.25, -0.2) is 4.57 Å². The Bertz CT molecular complexity index is 544. The Morgan fingerprint density at radius 2 is 1.91 bits per heavy atom. The van der Waals surface area contributed by atoms with E-state index >= 15 is 0 Å². The van der Waals surface area contributed by atoms with Gasteiger partial charge in [0.25, 0.3) is 0 Å². The van der Waals surface area contributed by atoms with Crippen molar-refractivity contribution in [2.24, 2.45) is 0 Å². The van der Waals surface area contributed by atoms with Gasteiger partial charge in [0.15, 0.2) is 12.4 Å². The van der Waals surface area contributed by atoms with Crippen molar-refractivity contribution in [2.75, 3.05) is 6.61 Å². The first-order chi connectivity index (χ1) is 10.5. The molecule has 3 heteroatoms. The molecule has 0 aliphatic rings. The lowest BCUT2D eigenvalue weighted by Crippen LogP contribution is -2.33. The molecule has 0 atom stereocenters. The molecule has 120 valence electrons. The van der Waals surface area contributed by atoms with Crippen LogP contribution < -0.4 is 4.57 Å². The van der Waals surface area contributed by atoms with E-state index in [0.717, 1.165) is 30.7 Å². The van der Waals surface area contributed by atoms with Crippen LogP contribution in [0.15, 0.2) is 41.9 Å². The predicted molar refractivity (Wildman–Crippen MR) is 92.2 cm³/mol. The lowest BCUT2D eigenvalue weighted by atomic mass is 10.2. The van der Waals surface area contributed by atoms with E-state index in [0.29, 0.717) is 0 Å². The van der Waals surface area contributed by atoms with E-state index in [2.05, 4.69) is 36.9 Å². The lowest BCUT2D eigenvalue weighted by Gasteiger charge is -2.02. The highest BCUT2D eigenvalue weighted by Gasteiger charge is 2.02. The van der Waals surface area contributed by atoms with Gasteiger partial charge in [0.05, 0.1) is 12.9 Å². The van der Waals surface area contributed by atoms with Gasteiger partial charge in [-0.1, -0.05) is 0 Å². The van der Waals surface area contributed by atoms with Crippen molar-refractivity contribution in [3.05, 3.63) is 53.1 Å². The number of nitrogens with one attached hydrogen (secondary N) is 1. The van der Waals surface area contributed by atoms with Crippen LogP contribution in [0.1, 0.15) is 44.2 Å². The molecule has 0 spiro atoms. The molecule has 0 saturated carbocycles. The van der Waals surface area contributed by atoms with Gasteiger partial charge in [-0.2, -0.15) is 0 Å². The van der Waals surface area contributed by atoms with Crippen LogP contribution in [0.3, 0.4) is 0 Å². The molecular weight excluding hydrogens is 272 g/mol. The first-order valence-electron chi connectivity index (χ1n) is 7.97. The van der Waals surface area contributed by atoms with Gasteiger partial charge in [0.1, 0.15) is 6.54 Å². The summed E-state index contributed by atoms with van der Waals surface area (Å²) < 4.78 is 7.75. The number of unbranched alkanes of at least 4 members (excludes halogenated alkanes) is 2. The summed E-state index contributed by atoms with van der Waals surface area (Å²) >= 11 is 0. The summed E-state index contributed by atoms with van der Waals surface area (Å²) in [5.41, 5.74) is 4.73. The van der Waals surface area contributed by atoms with Crippen molar-refractivity contribution in [3.63, 3.8) is 0 Å². The second-order valence-electron chi connectivity index (χ2n) is 5.79. The number of hydrogen-bond donors (Lipinski definition) is 1. The molecule has 0 aliphatic carbocycles.